The fourth-order valence-electron chi connectivity index (χ4n) is 1.78. The van der Waals surface area contributed by atoms with Crippen molar-refractivity contribution in [1.29, 1.82) is 5.26 Å². The summed E-state index contributed by atoms with van der Waals surface area (Å²) in [5.74, 6) is 0. The van der Waals surface area contributed by atoms with Crippen molar-refractivity contribution in [2.45, 2.75) is 11.4 Å². The van der Waals surface area contributed by atoms with Crippen molar-refractivity contribution in [2.75, 3.05) is 4.72 Å². The van der Waals surface area contributed by atoms with Crippen molar-refractivity contribution in [3.8, 4) is 6.07 Å². The Balaban J connectivity index is 2.46. The van der Waals surface area contributed by atoms with E-state index in [0.717, 1.165) is 0 Å². The highest BCUT2D eigenvalue weighted by molar-refractivity contribution is 7.92. The summed E-state index contributed by atoms with van der Waals surface area (Å²) in [5.41, 5.74) is 6.84. The van der Waals surface area contributed by atoms with Gasteiger partial charge in [0.2, 0.25) is 0 Å². The number of nitrogens with one attached hydrogen (secondary N) is 1. The van der Waals surface area contributed by atoms with Crippen LogP contribution in [0.5, 0.6) is 0 Å². The number of sulfonamides is 1. The molecule has 0 heterocycles. The molecular formula is C14H12ClN3O2S. The standard InChI is InChI=1S/C14H12ClN3O2S/c15-12-6-5-10(8-16)7-14(12)21(19,20)18-13-4-2-1-3-11(13)9-17/h1-7,18H,9,17H2. The van der Waals surface area contributed by atoms with Crippen LogP contribution in [0, 0.1) is 11.3 Å². The first-order valence-corrected chi connectivity index (χ1v) is 7.84. The number of rotatable bonds is 4. The van der Waals surface area contributed by atoms with Gasteiger partial charge in [-0.15, -0.1) is 0 Å². The molecule has 0 aliphatic carbocycles. The minimum absolute atomic E-state index is 0.0479. The van der Waals surface area contributed by atoms with Gasteiger partial charge in [0.25, 0.3) is 10.0 Å². The second kappa shape index (κ2) is 6.14. The highest BCUT2D eigenvalue weighted by Crippen LogP contribution is 2.26. The molecule has 0 radical (unpaired) electrons. The van der Waals surface area contributed by atoms with E-state index in [2.05, 4.69) is 4.72 Å². The number of nitrogens with two attached hydrogens (primary N) is 1. The van der Waals surface area contributed by atoms with Crippen LogP contribution in [0.2, 0.25) is 5.02 Å². The van der Waals surface area contributed by atoms with Gasteiger partial charge in [-0.2, -0.15) is 5.26 Å². The van der Waals surface area contributed by atoms with Gasteiger partial charge < -0.3 is 5.73 Å². The monoisotopic (exact) mass is 321 g/mol. The predicted molar refractivity (Wildman–Crippen MR) is 81.3 cm³/mol. The van der Waals surface area contributed by atoms with Crippen molar-refractivity contribution >= 4 is 27.3 Å². The van der Waals surface area contributed by atoms with Crippen LogP contribution in [0.4, 0.5) is 5.69 Å². The van der Waals surface area contributed by atoms with Crippen molar-refractivity contribution < 1.29 is 8.42 Å². The molecule has 2 aromatic rings. The second-order valence-electron chi connectivity index (χ2n) is 4.22. The lowest BCUT2D eigenvalue weighted by Gasteiger charge is -2.12. The molecule has 0 aromatic heterocycles. The fourth-order valence-corrected chi connectivity index (χ4v) is 3.40. The molecule has 0 amide bonds. The van der Waals surface area contributed by atoms with Gasteiger partial charge in [-0.05, 0) is 29.8 Å². The molecule has 5 nitrogen and oxygen atoms in total. The second-order valence-corrected chi connectivity index (χ2v) is 6.28. The molecule has 0 saturated heterocycles. The third-order valence-electron chi connectivity index (χ3n) is 2.83. The highest BCUT2D eigenvalue weighted by atomic mass is 35.5. The smallest absolute Gasteiger partial charge is 0.263 e. The van der Waals surface area contributed by atoms with E-state index >= 15 is 0 Å². The number of hydrogen-bond acceptors (Lipinski definition) is 4. The van der Waals surface area contributed by atoms with E-state index in [4.69, 9.17) is 22.6 Å². The summed E-state index contributed by atoms with van der Waals surface area (Å²) in [4.78, 5) is -0.143. The first-order valence-electron chi connectivity index (χ1n) is 5.98. The number of nitriles is 1. The van der Waals surface area contributed by atoms with E-state index in [1.165, 1.54) is 18.2 Å². The van der Waals surface area contributed by atoms with E-state index in [0.29, 0.717) is 11.3 Å². The van der Waals surface area contributed by atoms with E-state index in [1.807, 2.05) is 6.07 Å². The molecule has 2 aromatic carbocycles. The Morgan fingerprint density at radius 1 is 1.24 bits per heavy atom. The van der Waals surface area contributed by atoms with Gasteiger partial charge in [0.15, 0.2) is 0 Å². The van der Waals surface area contributed by atoms with Crippen molar-refractivity contribution in [3.63, 3.8) is 0 Å². The molecule has 0 bridgehead atoms. The van der Waals surface area contributed by atoms with Gasteiger partial charge in [0.1, 0.15) is 4.90 Å². The summed E-state index contributed by atoms with van der Waals surface area (Å²) in [6.45, 7) is 0.199. The SMILES string of the molecule is N#Cc1ccc(Cl)c(S(=O)(=O)Nc2ccccc2CN)c1. The third kappa shape index (κ3) is 3.34. The van der Waals surface area contributed by atoms with Gasteiger partial charge in [0, 0.05) is 6.54 Å². The summed E-state index contributed by atoms with van der Waals surface area (Å²) in [7, 11) is -3.90. The summed E-state index contributed by atoms with van der Waals surface area (Å²) in [6, 6.07) is 12.8. The summed E-state index contributed by atoms with van der Waals surface area (Å²) in [6.07, 6.45) is 0. The Hall–Kier alpha value is -2.07. The normalized spacial score (nSPS) is 10.9. The molecule has 3 N–H and O–H groups in total. The van der Waals surface area contributed by atoms with Crippen LogP contribution in [0.1, 0.15) is 11.1 Å². The van der Waals surface area contributed by atoms with Crippen molar-refractivity contribution in [3.05, 3.63) is 58.6 Å². The molecule has 2 rings (SSSR count). The van der Waals surface area contributed by atoms with Crippen molar-refractivity contribution in [2.24, 2.45) is 5.73 Å². The van der Waals surface area contributed by atoms with Crippen LogP contribution < -0.4 is 10.5 Å². The molecule has 0 aliphatic rings. The van der Waals surface area contributed by atoms with E-state index in [9.17, 15) is 8.42 Å². The maximum atomic E-state index is 12.4. The number of hydrogen-bond donors (Lipinski definition) is 2. The van der Waals surface area contributed by atoms with Crippen LogP contribution in [0.3, 0.4) is 0 Å². The van der Waals surface area contributed by atoms with Crippen LogP contribution in [-0.4, -0.2) is 8.42 Å². The highest BCUT2D eigenvalue weighted by Gasteiger charge is 2.19. The van der Waals surface area contributed by atoms with Crippen LogP contribution in [-0.2, 0) is 16.6 Å². The Labute approximate surface area is 128 Å². The van der Waals surface area contributed by atoms with Crippen LogP contribution in [0.15, 0.2) is 47.4 Å². The summed E-state index contributed by atoms with van der Waals surface area (Å²) in [5, 5.41) is 8.91. The van der Waals surface area contributed by atoms with Crippen LogP contribution >= 0.6 is 11.6 Å². The number of nitrogens with zero attached hydrogens (tertiary/aromatic N) is 1. The fraction of sp³-hybridized carbons (Fsp3) is 0.0714. The topological polar surface area (TPSA) is 96.0 Å². The average molecular weight is 322 g/mol. The predicted octanol–water partition coefficient (Wildman–Crippen LogP) is 2.47. The average Bonchev–Trinajstić information content (AvgIpc) is 2.47. The number of anilines is 1. The van der Waals surface area contributed by atoms with E-state index < -0.39 is 10.0 Å². The maximum absolute atomic E-state index is 12.4. The molecular weight excluding hydrogens is 310 g/mol. The van der Waals surface area contributed by atoms with Gasteiger partial charge >= 0.3 is 0 Å². The Bertz CT molecular complexity index is 813. The molecule has 108 valence electrons. The lowest BCUT2D eigenvalue weighted by molar-refractivity contribution is 0.601. The molecule has 0 fully saturated rings. The summed E-state index contributed by atoms with van der Waals surface area (Å²) < 4.78 is 27.3. The molecule has 0 spiro atoms. The molecule has 0 unspecified atom stereocenters. The Kier molecular flexibility index (Phi) is 4.48. The van der Waals surface area contributed by atoms with Crippen molar-refractivity contribution in [1.82, 2.24) is 0 Å². The maximum Gasteiger partial charge on any atom is 0.263 e. The minimum atomic E-state index is -3.90. The third-order valence-corrected chi connectivity index (χ3v) is 4.68. The number of para-hydroxylation sites is 1. The van der Waals surface area contributed by atoms with Gasteiger partial charge in [-0.3, -0.25) is 4.72 Å². The largest absolute Gasteiger partial charge is 0.326 e. The number of benzene rings is 2. The first kappa shape index (κ1) is 15.3. The summed E-state index contributed by atoms with van der Waals surface area (Å²) >= 11 is 5.92. The van der Waals surface area contributed by atoms with Gasteiger partial charge in [-0.1, -0.05) is 29.8 Å². The zero-order chi connectivity index (χ0) is 15.5. The van der Waals surface area contributed by atoms with E-state index in [-0.39, 0.29) is 22.0 Å². The molecule has 0 saturated carbocycles. The first-order chi connectivity index (χ1) is 9.97. The minimum Gasteiger partial charge on any atom is -0.326 e. The van der Waals surface area contributed by atoms with Gasteiger partial charge in [-0.25, -0.2) is 8.42 Å². The molecule has 21 heavy (non-hydrogen) atoms. The molecule has 0 atom stereocenters. The lowest BCUT2D eigenvalue weighted by atomic mass is 10.2. The zero-order valence-corrected chi connectivity index (χ0v) is 12.4. The Morgan fingerprint density at radius 2 is 1.95 bits per heavy atom. The zero-order valence-electron chi connectivity index (χ0n) is 10.9. The van der Waals surface area contributed by atoms with Gasteiger partial charge in [0.05, 0.1) is 22.3 Å². The lowest BCUT2D eigenvalue weighted by Crippen LogP contribution is -2.15. The number of halogens is 1. The molecule has 0 aliphatic heterocycles. The van der Waals surface area contributed by atoms with Crippen LogP contribution in [0.25, 0.3) is 0 Å². The molecule has 7 heteroatoms. The quantitative estimate of drug-likeness (QED) is 0.904. The Morgan fingerprint density at radius 3 is 2.62 bits per heavy atom. The van der Waals surface area contributed by atoms with E-state index in [1.54, 1.807) is 24.3 Å².